The molecule has 8 nitrogen and oxygen atoms in total. The summed E-state index contributed by atoms with van der Waals surface area (Å²) in [5, 5.41) is 3.73. The number of aromatic nitrogens is 1. The first-order chi connectivity index (χ1) is 21.6. The molecule has 0 unspecified atom stereocenters. The van der Waals surface area contributed by atoms with Crippen molar-refractivity contribution >= 4 is 51.7 Å². The molecule has 0 radical (unpaired) electrons. The molecule has 0 atom stereocenters. The van der Waals surface area contributed by atoms with Gasteiger partial charge in [0.05, 0.1) is 17.2 Å². The Morgan fingerprint density at radius 2 is 1.68 bits per heavy atom. The monoisotopic (exact) mass is 619 g/mol. The smallest absolute Gasteiger partial charge is 0.330 e. The second-order valence-electron chi connectivity index (χ2n) is 10.4. The molecule has 0 bridgehead atoms. The summed E-state index contributed by atoms with van der Waals surface area (Å²) in [7, 11) is 0. The highest BCUT2D eigenvalue weighted by atomic mass is 32.2. The van der Waals surface area contributed by atoms with Gasteiger partial charge in [-0.3, -0.25) is 14.8 Å². The Balaban J connectivity index is 1.10. The molecule has 0 saturated carbocycles. The molecule has 4 heterocycles. The van der Waals surface area contributed by atoms with Crippen molar-refractivity contribution in [1.82, 2.24) is 9.71 Å². The number of benzene rings is 3. The molecular weight excluding hydrogens is 591 g/mol. The maximum Gasteiger partial charge on any atom is 0.330 e. The van der Waals surface area contributed by atoms with Crippen LogP contribution in [0.4, 0.5) is 21.3 Å². The number of fused-ring (bicyclic) bond motifs is 4. The number of nitrogens with zero attached hydrogens (tertiary/aromatic N) is 3. The minimum Gasteiger partial charge on any atom is -0.491 e. The second kappa shape index (κ2) is 12.4. The first-order valence-electron chi connectivity index (χ1n) is 14.4. The Kier molecular flexibility index (Phi) is 7.91. The van der Waals surface area contributed by atoms with Crippen LogP contribution >= 0.6 is 23.3 Å². The molecule has 0 fully saturated rings. The third-order valence-electron chi connectivity index (χ3n) is 7.57. The van der Waals surface area contributed by atoms with E-state index in [1.54, 1.807) is 6.07 Å². The van der Waals surface area contributed by atoms with Gasteiger partial charge in [-0.2, -0.15) is 0 Å². The number of nitrogens with one attached hydrogen (secondary N) is 2. The van der Waals surface area contributed by atoms with Gasteiger partial charge in [0, 0.05) is 34.0 Å². The Bertz CT molecular complexity index is 1830. The molecule has 10 heteroatoms. The zero-order valence-corrected chi connectivity index (χ0v) is 25.4. The third kappa shape index (κ3) is 5.86. The highest BCUT2D eigenvalue weighted by molar-refractivity contribution is 7.98. The zero-order valence-electron chi connectivity index (χ0n) is 23.7. The number of carbonyl (C=O) groups is 2. The lowest BCUT2D eigenvalue weighted by molar-refractivity contribution is 0.0982. The number of rotatable bonds is 5. The van der Waals surface area contributed by atoms with Crippen LogP contribution in [0.2, 0.25) is 0 Å². The van der Waals surface area contributed by atoms with Crippen LogP contribution in [0.15, 0.2) is 108 Å². The average Bonchev–Trinajstić information content (AvgIpc) is 3.23. The molecular formula is C34H29N5O3S2. The van der Waals surface area contributed by atoms with E-state index in [4.69, 9.17) is 9.72 Å². The molecule has 220 valence electrons. The van der Waals surface area contributed by atoms with E-state index in [1.807, 2.05) is 95.9 Å². The second-order valence-corrected chi connectivity index (χ2v) is 12.4. The molecule has 5 aromatic rings. The van der Waals surface area contributed by atoms with Crippen molar-refractivity contribution in [3.05, 3.63) is 120 Å². The van der Waals surface area contributed by atoms with Crippen LogP contribution in [0.5, 0.6) is 5.75 Å². The minimum absolute atomic E-state index is 0.142. The predicted octanol–water partition coefficient (Wildman–Crippen LogP) is 7.24. The van der Waals surface area contributed by atoms with Crippen LogP contribution in [-0.4, -0.2) is 36.6 Å². The molecule has 2 aromatic heterocycles. The van der Waals surface area contributed by atoms with Gasteiger partial charge in [-0.1, -0.05) is 60.7 Å². The maximum absolute atomic E-state index is 14.0. The summed E-state index contributed by atoms with van der Waals surface area (Å²) < 4.78 is 8.78. The SMILES string of the molecule is O=C(NSc1ccccc1)Nc1cc2c(s1)-c1ccccc1N(C(=O)c1cccc(N3CCOc4ccccc4C3)n1)CC2. The van der Waals surface area contributed by atoms with Crippen LogP contribution in [0.25, 0.3) is 10.4 Å². The number of para-hydroxylation sites is 2. The highest BCUT2D eigenvalue weighted by Gasteiger charge is 2.28. The van der Waals surface area contributed by atoms with Gasteiger partial charge in [0.2, 0.25) is 0 Å². The summed E-state index contributed by atoms with van der Waals surface area (Å²) in [4.78, 5) is 37.5. The van der Waals surface area contributed by atoms with Crippen LogP contribution in [-0.2, 0) is 13.0 Å². The normalized spacial score (nSPS) is 13.8. The number of urea groups is 1. The number of ether oxygens (including phenoxy) is 1. The first-order valence-corrected chi connectivity index (χ1v) is 16.0. The quantitative estimate of drug-likeness (QED) is 0.202. The number of amides is 3. The van der Waals surface area contributed by atoms with Gasteiger partial charge in [-0.15, -0.1) is 11.3 Å². The zero-order chi connectivity index (χ0) is 29.9. The summed E-state index contributed by atoms with van der Waals surface area (Å²) >= 11 is 2.78. The van der Waals surface area contributed by atoms with Gasteiger partial charge in [0.15, 0.2) is 0 Å². The third-order valence-corrected chi connectivity index (χ3v) is 9.49. The van der Waals surface area contributed by atoms with Crippen molar-refractivity contribution in [1.29, 1.82) is 0 Å². The van der Waals surface area contributed by atoms with E-state index in [0.29, 0.717) is 38.4 Å². The van der Waals surface area contributed by atoms with Crippen molar-refractivity contribution < 1.29 is 14.3 Å². The van der Waals surface area contributed by atoms with Crippen molar-refractivity contribution in [2.24, 2.45) is 0 Å². The molecule has 0 saturated heterocycles. The Hall–Kier alpha value is -4.80. The van der Waals surface area contributed by atoms with E-state index in [-0.39, 0.29) is 11.9 Å². The van der Waals surface area contributed by atoms with Gasteiger partial charge in [-0.05, 0) is 66.4 Å². The largest absolute Gasteiger partial charge is 0.491 e. The summed E-state index contributed by atoms with van der Waals surface area (Å²) in [6.45, 7) is 2.37. The van der Waals surface area contributed by atoms with E-state index in [9.17, 15) is 9.59 Å². The molecule has 2 aliphatic rings. The lowest BCUT2D eigenvalue weighted by Gasteiger charge is -2.24. The fourth-order valence-electron chi connectivity index (χ4n) is 5.48. The van der Waals surface area contributed by atoms with E-state index in [2.05, 4.69) is 21.0 Å². The number of pyridine rings is 1. The Morgan fingerprint density at radius 1 is 0.864 bits per heavy atom. The standard InChI is InChI=1S/C34H29N5O3S2/c40-33(27-13-8-16-30(35-27)38-19-20-42-29-15-7-4-9-24(29)22-38)39-18-17-23-21-31(43-32(23)26-12-5-6-14-28(26)39)36-34(41)37-44-25-10-2-1-3-11-25/h1-16,21H,17-20,22H2,(H2,36,37,41). The van der Waals surface area contributed by atoms with Crippen molar-refractivity contribution in [2.75, 3.05) is 34.8 Å². The number of hydrogen-bond donors (Lipinski definition) is 2. The van der Waals surface area contributed by atoms with E-state index in [0.717, 1.165) is 48.7 Å². The minimum atomic E-state index is -0.286. The van der Waals surface area contributed by atoms with Crippen molar-refractivity contribution in [3.63, 3.8) is 0 Å². The Morgan fingerprint density at radius 3 is 2.59 bits per heavy atom. The average molecular weight is 620 g/mol. The highest BCUT2D eigenvalue weighted by Crippen LogP contribution is 2.43. The van der Waals surface area contributed by atoms with Gasteiger partial charge in [-0.25, -0.2) is 9.78 Å². The van der Waals surface area contributed by atoms with Crippen LogP contribution in [0, 0.1) is 0 Å². The number of hydrogen-bond acceptors (Lipinski definition) is 7. The molecule has 0 aliphatic carbocycles. The molecule has 3 amide bonds. The number of thiophene rings is 1. The van der Waals surface area contributed by atoms with Crippen molar-refractivity contribution in [3.8, 4) is 16.2 Å². The summed E-state index contributed by atoms with van der Waals surface area (Å²) in [5.41, 5.74) is 4.38. The van der Waals surface area contributed by atoms with Gasteiger partial charge >= 0.3 is 6.03 Å². The fourth-order valence-corrected chi connectivity index (χ4v) is 7.17. The molecule has 44 heavy (non-hydrogen) atoms. The van der Waals surface area contributed by atoms with Crippen LogP contribution < -0.4 is 24.6 Å². The lowest BCUT2D eigenvalue weighted by Crippen LogP contribution is -2.34. The van der Waals surface area contributed by atoms with E-state index >= 15 is 0 Å². The first kappa shape index (κ1) is 28.0. The molecule has 3 aromatic carbocycles. The molecule has 0 spiro atoms. The van der Waals surface area contributed by atoms with Crippen molar-refractivity contribution in [2.45, 2.75) is 17.9 Å². The number of anilines is 3. The predicted molar refractivity (Wildman–Crippen MR) is 177 cm³/mol. The van der Waals surface area contributed by atoms with Gasteiger partial charge < -0.3 is 14.5 Å². The van der Waals surface area contributed by atoms with Crippen LogP contribution in [0.1, 0.15) is 21.6 Å². The molecule has 7 rings (SSSR count). The van der Waals surface area contributed by atoms with E-state index < -0.39 is 0 Å². The maximum atomic E-state index is 14.0. The topological polar surface area (TPSA) is 86.8 Å². The fraction of sp³-hybridized carbons (Fsp3) is 0.147. The lowest BCUT2D eigenvalue weighted by atomic mass is 10.1. The van der Waals surface area contributed by atoms with Gasteiger partial charge in [0.1, 0.15) is 23.9 Å². The van der Waals surface area contributed by atoms with Gasteiger partial charge in [0.25, 0.3) is 5.91 Å². The number of carbonyl (C=O) groups excluding carboxylic acids is 2. The van der Waals surface area contributed by atoms with Crippen LogP contribution in [0.3, 0.4) is 0 Å². The summed E-state index contributed by atoms with van der Waals surface area (Å²) in [6.07, 6.45) is 0.647. The summed E-state index contributed by atoms with van der Waals surface area (Å²) in [6, 6.07) is 33.0. The Labute approximate surface area is 263 Å². The summed E-state index contributed by atoms with van der Waals surface area (Å²) in [5.74, 6) is 1.50. The van der Waals surface area contributed by atoms with E-state index in [1.165, 1.54) is 23.3 Å². The molecule has 2 aliphatic heterocycles. The molecule has 2 N–H and O–H groups in total.